The van der Waals surface area contributed by atoms with E-state index >= 15 is 0 Å². The Balaban J connectivity index is 1.76. The Labute approximate surface area is 268 Å². The number of esters is 4. The molecule has 2 aliphatic rings. The maximum absolute atomic E-state index is 14.3. The number of ketones is 2. The fourth-order valence-corrected chi connectivity index (χ4v) is 5.96. The summed E-state index contributed by atoms with van der Waals surface area (Å²) in [4.78, 5) is 77.2. The van der Waals surface area contributed by atoms with Gasteiger partial charge in [0.05, 0.1) is 0 Å². The van der Waals surface area contributed by atoms with Crippen molar-refractivity contribution in [1.29, 1.82) is 0 Å². The van der Waals surface area contributed by atoms with Crippen LogP contribution in [0, 0.1) is 0 Å². The number of rotatable bonds is 7. The number of hydrogen-bond acceptors (Lipinski definition) is 11. The molecular weight excluding hydrogens is 620 g/mol. The second-order valence-corrected chi connectivity index (χ2v) is 11.2. The Morgan fingerprint density at radius 2 is 1.20 bits per heavy atom. The van der Waals surface area contributed by atoms with E-state index in [2.05, 4.69) is 0 Å². The van der Waals surface area contributed by atoms with Crippen LogP contribution in [0.25, 0.3) is 11.1 Å². The average molecular weight is 649 g/mol. The highest BCUT2D eigenvalue weighted by Gasteiger charge is 2.53. The van der Waals surface area contributed by atoms with Gasteiger partial charge in [0.15, 0.2) is 29.9 Å². The standard InChI is InChI=1S/C34H29ClO11/c1-16(36)42-15-26-32(43-17(2)37)34(45-19(4)39)33(44-18(3)38)31(46-26)25-14-13-22(20-9-11-21(35)12-10-20)27-28(25)30(41)24-8-6-5-7-23(24)29(27)40/h5-14,26,31-34H,15H2,1-4H3/t26-,31+,32-,33+,34+/m1/s1. The van der Waals surface area contributed by atoms with Crippen molar-refractivity contribution in [1.82, 2.24) is 0 Å². The van der Waals surface area contributed by atoms with Crippen LogP contribution >= 0.6 is 11.6 Å². The Kier molecular flexibility index (Phi) is 9.36. The molecule has 0 unspecified atom stereocenters. The van der Waals surface area contributed by atoms with Crippen molar-refractivity contribution in [2.75, 3.05) is 6.61 Å². The predicted molar refractivity (Wildman–Crippen MR) is 161 cm³/mol. The molecule has 1 heterocycles. The van der Waals surface area contributed by atoms with Gasteiger partial charge in [0, 0.05) is 55.0 Å². The summed E-state index contributed by atoms with van der Waals surface area (Å²) in [5, 5.41) is 0.472. The average Bonchev–Trinajstić information content (AvgIpc) is 3.00. The van der Waals surface area contributed by atoms with Gasteiger partial charge in [0.25, 0.3) is 0 Å². The zero-order valence-corrected chi connectivity index (χ0v) is 26.0. The van der Waals surface area contributed by atoms with Gasteiger partial charge < -0.3 is 23.7 Å². The van der Waals surface area contributed by atoms with E-state index < -0.39 is 72.6 Å². The lowest BCUT2D eigenvalue weighted by atomic mass is 9.76. The van der Waals surface area contributed by atoms with Gasteiger partial charge in [-0.15, -0.1) is 0 Å². The highest BCUT2D eigenvalue weighted by Crippen LogP contribution is 2.44. The van der Waals surface area contributed by atoms with Crippen molar-refractivity contribution in [3.05, 3.63) is 93.5 Å². The quantitative estimate of drug-likeness (QED) is 0.205. The monoisotopic (exact) mass is 648 g/mol. The molecule has 238 valence electrons. The van der Waals surface area contributed by atoms with Gasteiger partial charge in [-0.2, -0.15) is 0 Å². The summed E-state index contributed by atoms with van der Waals surface area (Å²) in [6, 6.07) is 16.3. The zero-order chi connectivity index (χ0) is 33.3. The van der Waals surface area contributed by atoms with E-state index in [0.29, 0.717) is 16.1 Å². The van der Waals surface area contributed by atoms with E-state index in [9.17, 15) is 28.8 Å². The lowest BCUT2D eigenvalue weighted by Gasteiger charge is -2.45. The van der Waals surface area contributed by atoms with Gasteiger partial charge in [-0.25, -0.2) is 0 Å². The first kappa shape index (κ1) is 32.5. The van der Waals surface area contributed by atoms with Crippen molar-refractivity contribution < 1.29 is 52.5 Å². The van der Waals surface area contributed by atoms with Gasteiger partial charge in [-0.05, 0) is 28.8 Å². The van der Waals surface area contributed by atoms with Crippen LogP contribution in [0.4, 0.5) is 0 Å². The van der Waals surface area contributed by atoms with Crippen LogP contribution in [0.1, 0.15) is 71.2 Å². The summed E-state index contributed by atoms with van der Waals surface area (Å²) in [6.45, 7) is 4.07. The van der Waals surface area contributed by atoms with Crippen molar-refractivity contribution in [3.8, 4) is 11.1 Å². The Morgan fingerprint density at radius 1 is 0.652 bits per heavy atom. The summed E-state index contributed by atoms with van der Waals surface area (Å²) in [7, 11) is 0. The van der Waals surface area contributed by atoms with Crippen LogP contribution in [0.15, 0.2) is 60.7 Å². The third kappa shape index (κ3) is 6.42. The second kappa shape index (κ2) is 13.2. The largest absolute Gasteiger partial charge is 0.463 e. The lowest BCUT2D eigenvalue weighted by molar-refractivity contribution is -0.254. The Hall–Kier alpha value is -4.87. The summed E-state index contributed by atoms with van der Waals surface area (Å²) >= 11 is 6.12. The summed E-state index contributed by atoms with van der Waals surface area (Å²) in [5.41, 5.74) is 1.60. The van der Waals surface area contributed by atoms with Gasteiger partial charge in [-0.1, -0.05) is 60.1 Å². The molecule has 5 atom stereocenters. The minimum absolute atomic E-state index is 0.0166. The van der Waals surface area contributed by atoms with E-state index in [1.807, 2.05) is 0 Å². The van der Waals surface area contributed by atoms with E-state index in [1.54, 1.807) is 54.6 Å². The van der Waals surface area contributed by atoms with Crippen LogP contribution in [-0.2, 0) is 42.9 Å². The van der Waals surface area contributed by atoms with Gasteiger partial charge in [-0.3, -0.25) is 28.8 Å². The van der Waals surface area contributed by atoms with Crippen molar-refractivity contribution >= 4 is 47.0 Å². The molecule has 46 heavy (non-hydrogen) atoms. The first-order chi connectivity index (χ1) is 21.9. The van der Waals surface area contributed by atoms with E-state index in [4.69, 9.17) is 35.3 Å². The first-order valence-corrected chi connectivity index (χ1v) is 14.7. The van der Waals surface area contributed by atoms with Gasteiger partial charge >= 0.3 is 23.9 Å². The molecule has 1 aliphatic heterocycles. The van der Waals surface area contributed by atoms with Gasteiger partial charge in [0.2, 0.25) is 0 Å². The molecule has 0 bridgehead atoms. The maximum atomic E-state index is 14.3. The number of ether oxygens (including phenoxy) is 5. The van der Waals surface area contributed by atoms with Crippen LogP contribution in [0.2, 0.25) is 5.02 Å². The fraction of sp³-hybridized carbons (Fsp3) is 0.294. The molecule has 3 aromatic rings. The normalized spacial score (nSPS) is 21.8. The Bertz CT molecular complexity index is 1750. The van der Waals surface area contributed by atoms with Crippen LogP contribution in [-0.4, -0.2) is 66.5 Å². The molecule has 5 rings (SSSR count). The zero-order valence-electron chi connectivity index (χ0n) is 25.2. The van der Waals surface area contributed by atoms with Crippen molar-refractivity contribution in [3.63, 3.8) is 0 Å². The number of benzene rings is 3. The summed E-state index contributed by atoms with van der Waals surface area (Å²) in [5.74, 6) is -3.97. The molecule has 0 amide bonds. The highest BCUT2D eigenvalue weighted by atomic mass is 35.5. The lowest BCUT2D eigenvalue weighted by Crippen LogP contribution is -2.59. The number of carbonyl (C=O) groups excluding carboxylic acids is 6. The molecule has 12 heteroatoms. The molecule has 0 N–H and O–H groups in total. The van der Waals surface area contributed by atoms with Crippen LogP contribution in [0.3, 0.4) is 0 Å². The third-order valence-electron chi connectivity index (χ3n) is 7.56. The molecule has 1 aliphatic carbocycles. The molecule has 1 saturated heterocycles. The maximum Gasteiger partial charge on any atom is 0.303 e. The molecule has 0 spiro atoms. The molecular formula is C34H29ClO11. The minimum Gasteiger partial charge on any atom is -0.463 e. The first-order valence-electron chi connectivity index (χ1n) is 14.3. The van der Waals surface area contributed by atoms with Gasteiger partial charge in [0.1, 0.15) is 18.8 Å². The SMILES string of the molecule is CC(=O)OC[C@H]1O[C@@H](c2ccc(-c3ccc(Cl)cc3)c3c2C(=O)c2ccccc2C3=O)[C@H](OC(C)=O)[C@@H](OC(C)=O)[C@@H]1OC(C)=O. The van der Waals surface area contributed by atoms with E-state index in [-0.39, 0.29) is 27.8 Å². The number of halogens is 1. The second-order valence-electron chi connectivity index (χ2n) is 10.8. The van der Waals surface area contributed by atoms with Crippen molar-refractivity contribution in [2.24, 2.45) is 0 Å². The van der Waals surface area contributed by atoms with E-state index in [1.165, 1.54) is 13.0 Å². The molecule has 0 aromatic heterocycles. The fourth-order valence-electron chi connectivity index (χ4n) is 5.83. The topological polar surface area (TPSA) is 149 Å². The molecule has 0 radical (unpaired) electrons. The molecule has 3 aromatic carbocycles. The number of hydrogen-bond donors (Lipinski definition) is 0. The minimum atomic E-state index is -1.47. The van der Waals surface area contributed by atoms with Crippen LogP contribution < -0.4 is 0 Å². The summed E-state index contributed by atoms with van der Waals surface area (Å²) in [6.07, 6.45) is -6.93. The van der Waals surface area contributed by atoms with Crippen molar-refractivity contribution in [2.45, 2.75) is 58.2 Å². The molecule has 0 saturated carbocycles. The smallest absolute Gasteiger partial charge is 0.303 e. The molecule has 1 fully saturated rings. The van der Waals surface area contributed by atoms with E-state index in [0.717, 1.165) is 20.8 Å². The number of carbonyl (C=O) groups is 6. The highest BCUT2D eigenvalue weighted by molar-refractivity contribution is 6.31. The Morgan fingerprint density at radius 3 is 1.76 bits per heavy atom. The third-order valence-corrected chi connectivity index (χ3v) is 7.81. The number of fused-ring (bicyclic) bond motifs is 2. The summed E-state index contributed by atoms with van der Waals surface area (Å²) < 4.78 is 28.3. The predicted octanol–water partition coefficient (Wildman–Crippen LogP) is 4.58. The molecule has 11 nitrogen and oxygen atoms in total. The van der Waals surface area contributed by atoms with Crippen LogP contribution in [0.5, 0.6) is 0 Å².